The molecule has 0 aliphatic carbocycles. The fourth-order valence-electron chi connectivity index (χ4n) is 3.21. The summed E-state index contributed by atoms with van der Waals surface area (Å²) in [5.74, 6) is 0.0404. The molecule has 1 aromatic heterocycles. The third kappa shape index (κ3) is 3.80. The van der Waals surface area contributed by atoms with E-state index < -0.39 is 0 Å². The number of carbonyl (C=O) groups excluding carboxylic acids is 1. The van der Waals surface area contributed by atoms with Gasteiger partial charge in [0.2, 0.25) is 0 Å². The number of likely N-dealkylation sites (N-methyl/N-ethyl adjacent to an activating group) is 1. The number of carbonyl (C=O) groups is 1. The molecule has 1 amide bonds. The minimum Gasteiger partial charge on any atom is -0.337 e. The van der Waals surface area contributed by atoms with E-state index >= 15 is 0 Å². The van der Waals surface area contributed by atoms with E-state index in [2.05, 4.69) is 34.1 Å². The van der Waals surface area contributed by atoms with Gasteiger partial charge in [-0.25, -0.2) is 0 Å². The van der Waals surface area contributed by atoms with Crippen molar-refractivity contribution in [1.82, 2.24) is 14.8 Å². The van der Waals surface area contributed by atoms with Crippen molar-refractivity contribution in [2.45, 2.75) is 25.6 Å². The van der Waals surface area contributed by atoms with E-state index in [0.717, 1.165) is 31.7 Å². The summed E-state index contributed by atoms with van der Waals surface area (Å²) in [5, 5.41) is 0. The highest BCUT2D eigenvalue weighted by Gasteiger charge is 2.28. The largest absolute Gasteiger partial charge is 0.337 e. The van der Waals surface area contributed by atoms with Crippen LogP contribution in [0.5, 0.6) is 0 Å². The normalized spacial score (nSPS) is 17.8. The molecule has 0 spiro atoms. The fraction of sp³-hybridized carbons (Fsp3) is 0.368. The molecule has 0 radical (unpaired) electrons. The monoisotopic (exact) mass is 324 g/mol. The van der Waals surface area contributed by atoms with Gasteiger partial charge in [-0.3, -0.25) is 14.7 Å². The van der Waals surface area contributed by atoms with Crippen LogP contribution in [0.15, 0.2) is 48.7 Å². The van der Waals surface area contributed by atoms with Crippen LogP contribution in [-0.2, 0) is 13.1 Å². The zero-order valence-corrected chi connectivity index (χ0v) is 14.1. The Labute approximate surface area is 143 Å². The van der Waals surface area contributed by atoms with Crippen LogP contribution in [0.2, 0.25) is 0 Å². The molecule has 3 rings (SSSR count). The molecule has 1 saturated heterocycles. The average Bonchev–Trinajstić information content (AvgIpc) is 3.10. The van der Waals surface area contributed by atoms with Crippen LogP contribution < -0.4 is 5.73 Å². The Morgan fingerprint density at radius 2 is 2.12 bits per heavy atom. The van der Waals surface area contributed by atoms with Gasteiger partial charge in [-0.2, -0.15) is 0 Å². The molecule has 2 aromatic rings. The molecular formula is C19H24N4O. The lowest BCUT2D eigenvalue weighted by Gasteiger charge is -2.25. The minimum atomic E-state index is 0.0404. The van der Waals surface area contributed by atoms with Crippen molar-refractivity contribution >= 4 is 5.91 Å². The number of nitrogens with zero attached hydrogens (tertiary/aromatic N) is 3. The maximum Gasteiger partial charge on any atom is 0.254 e. The molecule has 24 heavy (non-hydrogen) atoms. The Balaban J connectivity index is 1.61. The van der Waals surface area contributed by atoms with Gasteiger partial charge in [0.1, 0.15) is 0 Å². The van der Waals surface area contributed by atoms with Gasteiger partial charge < -0.3 is 10.6 Å². The summed E-state index contributed by atoms with van der Waals surface area (Å²) in [5.41, 5.74) is 8.33. The maximum atomic E-state index is 12.7. The Morgan fingerprint density at radius 3 is 2.88 bits per heavy atom. The van der Waals surface area contributed by atoms with Gasteiger partial charge in [-0.1, -0.05) is 30.3 Å². The Bertz CT molecular complexity index is 689. The van der Waals surface area contributed by atoms with Crippen LogP contribution in [0.1, 0.15) is 28.0 Å². The smallest absolute Gasteiger partial charge is 0.254 e. The summed E-state index contributed by atoms with van der Waals surface area (Å²) in [6.07, 6.45) is 2.66. The molecular weight excluding hydrogens is 300 g/mol. The van der Waals surface area contributed by atoms with Crippen LogP contribution in [-0.4, -0.2) is 46.9 Å². The fourth-order valence-corrected chi connectivity index (χ4v) is 3.21. The van der Waals surface area contributed by atoms with Crippen LogP contribution in [0, 0.1) is 0 Å². The van der Waals surface area contributed by atoms with E-state index in [1.54, 1.807) is 18.3 Å². The Kier molecular flexibility index (Phi) is 5.23. The number of rotatable bonds is 5. The van der Waals surface area contributed by atoms with Crippen LogP contribution >= 0.6 is 0 Å². The van der Waals surface area contributed by atoms with Gasteiger partial charge in [-0.15, -0.1) is 0 Å². The molecule has 1 aliphatic rings. The predicted octanol–water partition coefficient (Wildman–Crippen LogP) is 1.89. The average molecular weight is 324 g/mol. The SMILES string of the molecule is CN(C(=O)c1ccnc(CN)c1)C1CCN(Cc2ccccc2)C1. The number of hydrogen-bond donors (Lipinski definition) is 1. The molecule has 1 atom stereocenters. The first-order valence-electron chi connectivity index (χ1n) is 8.36. The molecule has 1 fully saturated rings. The van der Waals surface area contributed by atoms with Gasteiger partial charge in [-0.05, 0) is 24.1 Å². The molecule has 1 unspecified atom stereocenters. The summed E-state index contributed by atoms with van der Waals surface area (Å²) in [6.45, 7) is 3.21. The lowest BCUT2D eigenvalue weighted by Crippen LogP contribution is -2.39. The number of aromatic nitrogens is 1. The summed E-state index contributed by atoms with van der Waals surface area (Å²) in [6, 6.07) is 14.3. The van der Waals surface area contributed by atoms with Crippen molar-refractivity contribution in [2.24, 2.45) is 5.73 Å². The van der Waals surface area contributed by atoms with E-state index in [0.29, 0.717) is 12.1 Å². The minimum absolute atomic E-state index is 0.0404. The highest BCUT2D eigenvalue weighted by atomic mass is 16.2. The Morgan fingerprint density at radius 1 is 1.33 bits per heavy atom. The zero-order chi connectivity index (χ0) is 16.9. The first-order valence-corrected chi connectivity index (χ1v) is 8.36. The van der Waals surface area contributed by atoms with E-state index in [1.807, 2.05) is 18.0 Å². The van der Waals surface area contributed by atoms with Gasteiger partial charge in [0.15, 0.2) is 0 Å². The zero-order valence-electron chi connectivity index (χ0n) is 14.1. The number of hydrogen-bond acceptors (Lipinski definition) is 4. The summed E-state index contributed by atoms with van der Waals surface area (Å²) in [4.78, 5) is 21.1. The first-order chi connectivity index (χ1) is 11.7. The molecule has 2 heterocycles. The topological polar surface area (TPSA) is 62.5 Å². The standard InChI is InChI=1S/C19H24N4O/c1-22(19(24)16-7-9-21-17(11-16)12-20)18-8-10-23(14-18)13-15-5-3-2-4-6-15/h2-7,9,11,18H,8,10,12-14,20H2,1H3. The van der Waals surface area contributed by atoms with Crippen LogP contribution in [0.25, 0.3) is 0 Å². The number of benzene rings is 1. The number of likely N-dealkylation sites (tertiary alicyclic amines) is 1. The predicted molar refractivity (Wildman–Crippen MR) is 94.3 cm³/mol. The quantitative estimate of drug-likeness (QED) is 0.912. The van der Waals surface area contributed by atoms with Crippen molar-refractivity contribution in [3.63, 3.8) is 0 Å². The van der Waals surface area contributed by atoms with Crippen molar-refractivity contribution in [3.05, 3.63) is 65.5 Å². The van der Waals surface area contributed by atoms with Crippen molar-refractivity contribution in [1.29, 1.82) is 0 Å². The van der Waals surface area contributed by atoms with E-state index in [9.17, 15) is 4.79 Å². The number of pyridine rings is 1. The number of nitrogens with two attached hydrogens (primary N) is 1. The lowest BCUT2D eigenvalue weighted by molar-refractivity contribution is 0.0734. The summed E-state index contributed by atoms with van der Waals surface area (Å²) < 4.78 is 0. The first kappa shape index (κ1) is 16.6. The van der Waals surface area contributed by atoms with Crippen LogP contribution in [0.4, 0.5) is 0 Å². The van der Waals surface area contributed by atoms with E-state index in [4.69, 9.17) is 5.73 Å². The molecule has 2 N–H and O–H groups in total. The van der Waals surface area contributed by atoms with Gasteiger partial charge in [0.05, 0.1) is 5.69 Å². The molecule has 126 valence electrons. The Hall–Kier alpha value is -2.24. The molecule has 5 heteroatoms. The second kappa shape index (κ2) is 7.55. The molecule has 5 nitrogen and oxygen atoms in total. The third-order valence-corrected chi connectivity index (χ3v) is 4.64. The van der Waals surface area contributed by atoms with E-state index in [-0.39, 0.29) is 11.9 Å². The summed E-state index contributed by atoms with van der Waals surface area (Å²) >= 11 is 0. The number of amides is 1. The van der Waals surface area contributed by atoms with Crippen molar-refractivity contribution in [3.8, 4) is 0 Å². The second-order valence-electron chi connectivity index (χ2n) is 6.32. The van der Waals surface area contributed by atoms with Crippen molar-refractivity contribution in [2.75, 3.05) is 20.1 Å². The lowest BCUT2D eigenvalue weighted by atomic mass is 10.1. The summed E-state index contributed by atoms with van der Waals surface area (Å²) in [7, 11) is 1.89. The molecule has 0 saturated carbocycles. The maximum absolute atomic E-state index is 12.7. The highest BCUT2D eigenvalue weighted by Crippen LogP contribution is 2.19. The second-order valence-corrected chi connectivity index (χ2v) is 6.32. The highest BCUT2D eigenvalue weighted by molar-refractivity contribution is 5.94. The van der Waals surface area contributed by atoms with E-state index in [1.165, 1.54) is 5.56 Å². The molecule has 1 aromatic carbocycles. The van der Waals surface area contributed by atoms with Gasteiger partial charge in [0, 0.05) is 51.0 Å². The van der Waals surface area contributed by atoms with Gasteiger partial charge in [0.25, 0.3) is 5.91 Å². The van der Waals surface area contributed by atoms with Gasteiger partial charge >= 0.3 is 0 Å². The van der Waals surface area contributed by atoms with Crippen LogP contribution in [0.3, 0.4) is 0 Å². The van der Waals surface area contributed by atoms with Crippen molar-refractivity contribution < 1.29 is 4.79 Å². The molecule has 0 bridgehead atoms. The third-order valence-electron chi connectivity index (χ3n) is 4.64. The molecule has 1 aliphatic heterocycles.